The van der Waals surface area contributed by atoms with Gasteiger partial charge >= 0.3 is 5.97 Å². The smallest absolute Gasteiger partial charge is 0.303 e. The molecule has 1 aliphatic heterocycles. The van der Waals surface area contributed by atoms with Gasteiger partial charge in [0, 0.05) is 12.8 Å². The fourth-order valence-electron chi connectivity index (χ4n) is 3.60. The zero-order valence-corrected chi connectivity index (χ0v) is 17.7. The monoisotopic (exact) mass is 433 g/mol. The van der Waals surface area contributed by atoms with Gasteiger partial charge in [0.1, 0.15) is 24.4 Å². The van der Waals surface area contributed by atoms with Gasteiger partial charge in [0.2, 0.25) is 5.91 Å². The van der Waals surface area contributed by atoms with Crippen LogP contribution in [0.25, 0.3) is 0 Å². The summed E-state index contributed by atoms with van der Waals surface area (Å²) in [7, 11) is 0. The average molecular weight is 434 g/mol. The number of aliphatic carboxylic acids is 1. The molecule has 5 atom stereocenters. The van der Waals surface area contributed by atoms with Crippen molar-refractivity contribution < 1.29 is 39.9 Å². The van der Waals surface area contributed by atoms with Gasteiger partial charge in [0.05, 0.1) is 6.61 Å². The van der Waals surface area contributed by atoms with Gasteiger partial charge in [0.15, 0.2) is 6.23 Å². The Labute approximate surface area is 178 Å². The van der Waals surface area contributed by atoms with Crippen LogP contribution in [0.5, 0.6) is 0 Å². The van der Waals surface area contributed by atoms with E-state index >= 15 is 0 Å². The average Bonchev–Trinajstić information content (AvgIpc) is 2.71. The standard InChI is InChI=1S/C21H39NO8/c23-14-15-18(27)19(28)20(29)21(30-15)22-16(24)12-10-8-6-4-2-1-3-5-7-9-11-13-17(25)26/h15,18-21,23,27-29H,1-14H2,(H,22,24)(H,25,26)/t15-,18-,19+,20-,21-/m1/s1. The lowest BCUT2D eigenvalue weighted by molar-refractivity contribution is -0.236. The van der Waals surface area contributed by atoms with E-state index in [-0.39, 0.29) is 18.7 Å². The summed E-state index contributed by atoms with van der Waals surface area (Å²) in [4.78, 5) is 22.4. The zero-order chi connectivity index (χ0) is 22.4. The second-order valence-corrected chi connectivity index (χ2v) is 8.10. The predicted molar refractivity (Wildman–Crippen MR) is 110 cm³/mol. The Balaban J connectivity index is 1.99. The summed E-state index contributed by atoms with van der Waals surface area (Å²) >= 11 is 0. The molecule has 9 nitrogen and oxygen atoms in total. The molecular formula is C21H39NO8. The molecule has 1 heterocycles. The maximum Gasteiger partial charge on any atom is 0.303 e. The minimum absolute atomic E-state index is 0.264. The number of ether oxygens (including phenoxy) is 1. The highest BCUT2D eigenvalue weighted by atomic mass is 16.6. The van der Waals surface area contributed by atoms with Crippen LogP contribution in [-0.4, -0.2) is 74.7 Å². The minimum atomic E-state index is -1.49. The van der Waals surface area contributed by atoms with Gasteiger partial charge in [-0.3, -0.25) is 9.59 Å². The molecule has 6 N–H and O–H groups in total. The van der Waals surface area contributed by atoms with Crippen molar-refractivity contribution in [1.82, 2.24) is 5.32 Å². The molecule has 1 amide bonds. The number of carboxylic acid groups (broad SMARTS) is 1. The third kappa shape index (κ3) is 10.7. The van der Waals surface area contributed by atoms with Gasteiger partial charge in [-0.25, -0.2) is 0 Å². The Morgan fingerprint density at radius 3 is 1.63 bits per heavy atom. The molecule has 176 valence electrons. The molecule has 0 unspecified atom stereocenters. The molecule has 0 bridgehead atoms. The number of aliphatic hydroxyl groups is 4. The first-order valence-corrected chi connectivity index (χ1v) is 11.2. The van der Waals surface area contributed by atoms with Crippen LogP contribution in [0.4, 0.5) is 0 Å². The molecule has 0 radical (unpaired) electrons. The lowest BCUT2D eigenvalue weighted by atomic mass is 9.98. The van der Waals surface area contributed by atoms with E-state index in [0.29, 0.717) is 6.42 Å². The summed E-state index contributed by atoms with van der Waals surface area (Å²) in [6, 6.07) is 0. The van der Waals surface area contributed by atoms with Crippen molar-refractivity contribution in [3.63, 3.8) is 0 Å². The number of nitrogens with one attached hydrogen (secondary N) is 1. The number of carbonyl (C=O) groups is 2. The van der Waals surface area contributed by atoms with Gasteiger partial charge < -0.3 is 35.6 Å². The van der Waals surface area contributed by atoms with Crippen molar-refractivity contribution in [2.75, 3.05) is 6.61 Å². The van der Waals surface area contributed by atoms with Crippen molar-refractivity contribution in [1.29, 1.82) is 0 Å². The molecule has 1 fully saturated rings. The van der Waals surface area contributed by atoms with Crippen molar-refractivity contribution in [2.24, 2.45) is 0 Å². The molecule has 0 saturated carbocycles. The maximum atomic E-state index is 12.0. The SMILES string of the molecule is O=C(O)CCCCCCCCCCCCCC(=O)N[C@@H]1O[C@H](CO)[C@@H](O)[C@H](O)[C@H]1O. The van der Waals surface area contributed by atoms with Gasteiger partial charge in [-0.15, -0.1) is 0 Å². The van der Waals surface area contributed by atoms with Gasteiger partial charge in [-0.05, 0) is 12.8 Å². The molecule has 0 aromatic carbocycles. The van der Waals surface area contributed by atoms with E-state index in [1.54, 1.807) is 0 Å². The van der Waals surface area contributed by atoms with Crippen LogP contribution in [0.3, 0.4) is 0 Å². The first-order valence-electron chi connectivity index (χ1n) is 11.2. The number of carbonyl (C=O) groups excluding carboxylic acids is 1. The topological polar surface area (TPSA) is 157 Å². The van der Waals surface area contributed by atoms with Crippen LogP contribution in [0.2, 0.25) is 0 Å². The molecule has 1 saturated heterocycles. The van der Waals surface area contributed by atoms with Crippen molar-refractivity contribution in [2.45, 2.75) is 114 Å². The van der Waals surface area contributed by atoms with E-state index in [0.717, 1.165) is 51.4 Å². The van der Waals surface area contributed by atoms with Gasteiger partial charge in [-0.2, -0.15) is 0 Å². The van der Waals surface area contributed by atoms with E-state index in [2.05, 4.69) is 5.32 Å². The van der Waals surface area contributed by atoms with E-state index in [4.69, 9.17) is 14.9 Å². The lowest BCUT2D eigenvalue weighted by Gasteiger charge is -2.40. The summed E-state index contributed by atoms with van der Waals surface area (Å²) in [5.74, 6) is -1.02. The number of aliphatic hydroxyl groups excluding tert-OH is 4. The normalized spacial score (nSPS) is 26.5. The van der Waals surface area contributed by atoms with Crippen molar-refractivity contribution in [3.05, 3.63) is 0 Å². The first-order chi connectivity index (χ1) is 14.4. The number of unbranched alkanes of at least 4 members (excludes halogenated alkanes) is 10. The van der Waals surface area contributed by atoms with Crippen LogP contribution in [0.1, 0.15) is 83.5 Å². The molecule has 30 heavy (non-hydrogen) atoms. The quantitative estimate of drug-likeness (QED) is 0.197. The van der Waals surface area contributed by atoms with Crippen LogP contribution in [0.15, 0.2) is 0 Å². The predicted octanol–water partition coefficient (Wildman–Crippen LogP) is 1.06. The minimum Gasteiger partial charge on any atom is -0.481 e. The van der Waals surface area contributed by atoms with E-state index in [9.17, 15) is 24.9 Å². The molecule has 0 aromatic heterocycles. The molecule has 0 spiro atoms. The lowest BCUT2D eigenvalue weighted by Crippen LogP contribution is -2.63. The fourth-order valence-corrected chi connectivity index (χ4v) is 3.60. The molecule has 0 aliphatic carbocycles. The Bertz CT molecular complexity index is 488. The van der Waals surface area contributed by atoms with Crippen LogP contribution < -0.4 is 5.32 Å². The highest BCUT2D eigenvalue weighted by Gasteiger charge is 2.43. The number of hydrogen-bond acceptors (Lipinski definition) is 7. The number of carboxylic acids is 1. The first kappa shape index (κ1) is 26.8. The second kappa shape index (κ2) is 15.5. The fraction of sp³-hybridized carbons (Fsp3) is 0.905. The molecule has 0 aromatic rings. The Morgan fingerprint density at radius 2 is 1.17 bits per heavy atom. The number of hydrogen-bond donors (Lipinski definition) is 6. The Kier molecular flexibility index (Phi) is 13.9. The van der Waals surface area contributed by atoms with Crippen LogP contribution in [-0.2, 0) is 14.3 Å². The summed E-state index contributed by atoms with van der Waals surface area (Å²) in [5.41, 5.74) is 0. The van der Waals surface area contributed by atoms with E-state index in [1.807, 2.05) is 0 Å². The number of rotatable bonds is 16. The summed E-state index contributed by atoms with van der Waals surface area (Å²) in [6.07, 6.45) is 5.29. The van der Waals surface area contributed by atoms with Crippen molar-refractivity contribution in [3.8, 4) is 0 Å². The zero-order valence-electron chi connectivity index (χ0n) is 17.7. The maximum absolute atomic E-state index is 12.0. The summed E-state index contributed by atoms with van der Waals surface area (Å²) < 4.78 is 5.26. The van der Waals surface area contributed by atoms with Crippen molar-refractivity contribution >= 4 is 11.9 Å². The molecule has 1 aliphatic rings. The third-order valence-corrected chi connectivity index (χ3v) is 5.49. The summed E-state index contributed by atoms with van der Waals surface area (Å²) in [6.45, 7) is -0.526. The van der Waals surface area contributed by atoms with Gasteiger partial charge in [-0.1, -0.05) is 57.8 Å². The van der Waals surface area contributed by atoms with E-state index in [1.165, 1.54) is 12.8 Å². The summed E-state index contributed by atoms with van der Waals surface area (Å²) in [5, 5.41) is 49.6. The second-order valence-electron chi connectivity index (χ2n) is 8.10. The van der Waals surface area contributed by atoms with Crippen LogP contribution in [0, 0.1) is 0 Å². The highest BCUT2D eigenvalue weighted by molar-refractivity contribution is 5.76. The molecule has 9 heteroatoms. The van der Waals surface area contributed by atoms with Crippen LogP contribution >= 0.6 is 0 Å². The highest BCUT2D eigenvalue weighted by Crippen LogP contribution is 2.20. The van der Waals surface area contributed by atoms with Gasteiger partial charge in [0.25, 0.3) is 0 Å². The largest absolute Gasteiger partial charge is 0.481 e. The van der Waals surface area contributed by atoms with E-state index < -0.39 is 43.2 Å². The molecular weight excluding hydrogens is 394 g/mol. The Hall–Kier alpha value is -1.26. The molecule has 1 rings (SSSR count). The number of amides is 1. The Morgan fingerprint density at radius 1 is 0.700 bits per heavy atom. The third-order valence-electron chi connectivity index (χ3n) is 5.49.